The molecule has 0 saturated heterocycles. The van der Waals surface area contributed by atoms with E-state index in [4.69, 9.17) is 18.0 Å². The Hall–Kier alpha value is -1.93. The van der Waals surface area contributed by atoms with Crippen LogP contribution in [0.3, 0.4) is 0 Å². The lowest BCUT2D eigenvalue weighted by Gasteiger charge is -2.07. The molecule has 3 N–H and O–H groups in total. The fourth-order valence-corrected chi connectivity index (χ4v) is 2.65. The van der Waals surface area contributed by atoms with Crippen LogP contribution < -0.4 is 10.5 Å². The monoisotopic (exact) mass is 296 g/mol. The summed E-state index contributed by atoms with van der Waals surface area (Å²) in [5.41, 5.74) is 6.50. The summed E-state index contributed by atoms with van der Waals surface area (Å²) in [7, 11) is -2.01. The lowest BCUT2D eigenvalue weighted by atomic mass is 10.2. The van der Waals surface area contributed by atoms with Gasteiger partial charge < -0.3 is 5.73 Å². The summed E-state index contributed by atoms with van der Waals surface area (Å²) in [6.45, 7) is 0. The second-order valence-electron chi connectivity index (χ2n) is 3.90. The van der Waals surface area contributed by atoms with Crippen LogP contribution in [0.25, 0.3) is 0 Å². The van der Waals surface area contributed by atoms with Crippen molar-refractivity contribution in [3.05, 3.63) is 42.2 Å². The molecule has 8 heteroatoms. The predicted molar refractivity (Wildman–Crippen MR) is 76.3 cm³/mol. The first-order valence-electron chi connectivity index (χ1n) is 5.30. The van der Waals surface area contributed by atoms with Crippen LogP contribution in [0.15, 0.2) is 41.6 Å². The molecule has 0 spiro atoms. The van der Waals surface area contributed by atoms with Gasteiger partial charge in [0.1, 0.15) is 9.88 Å². The molecular weight excluding hydrogens is 284 g/mol. The van der Waals surface area contributed by atoms with Gasteiger partial charge in [-0.1, -0.05) is 24.4 Å². The molecule has 2 rings (SSSR count). The third-order valence-corrected chi connectivity index (χ3v) is 3.96. The first kappa shape index (κ1) is 13.5. The van der Waals surface area contributed by atoms with Crippen molar-refractivity contribution in [2.75, 3.05) is 4.72 Å². The Bertz CT molecular complexity index is 722. The van der Waals surface area contributed by atoms with Crippen LogP contribution in [0, 0.1) is 0 Å². The molecule has 19 heavy (non-hydrogen) atoms. The molecule has 0 atom stereocenters. The zero-order valence-corrected chi connectivity index (χ0v) is 11.7. The van der Waals surface area contributed by atoms with E-state index in [-0.39, 0.29) is 9.88 Å². The molecule has 1 aromatic heterocycles. The number of sulfonamides is 1. The van der Waals surface area contributed by atoms with Crippen molar-refractivity contribution < 1.29 is 8.42 Å². The minimum Gasteiger partial charge on any atom is -0.389 e. The van der Waals surface area contributed by atoms with Gasteiger partial charge in [-0.05, 0) is 12.1 Å². The average Bonchev–Trinajstić information content (AvgIpc) is 2.76. The highest BCUT2D eigenvalue weighted by Gasteiger charge is 2.16. The molecule has 0 aliphatic rings. The van der Waals surface area contributed by atoms with Gasteiger partial charge in [0.05, 0.1) is 6.20 Å². The van der Waals surface area contributed by atoms with Crippen molar-refractivity contribution in [1.82, 2.24) is 9.78 Å². The summed E-state index contributed by atoms with van der Waals surface area (Å²) < 4.78 is 28.0. The highest BCUT2D eigenvalue weighted by Crippen LogP contribution is 2.16. The van der Waals surface area contributed by atoms with Crippen LogP contribution in [0.1, 0.15) is 5.56 Å². The van der Waals surface area contributed by atoms with Crippen molar-refractivity contribution in [3.63, 3.8) is 0 Å². The third kappa shape index (κ3) is 3.09. The van der Waals surface area contributed by atoms with Gasteiger partial charge in [0, 0.05) is 24.5 Å². The Kier molecular flexibility index (Phi) is 3.54. The zero-order valence-electron chi connectivity index (χ0n) is 10.1. The van der Waals surface area contributed by atoms with Gasteiger partial charge in [-0.3, -0.25) is 9.40 Å². The number of benzene rings is 1. The van der Waals surface area contributed by atoms with Crippen molar-refractivity contribution in [2.24, 2.45) is 12.8 Å². The molecule has 1 aromatic carbocycles. The van der Waals surface area contributed by atoms with Crippen molar-refractivity contribution in [2.45, 2.75) is 4.90 Å². The number of aryl methyl sites for hydroxylation is 1. The molecule has 0 aliphatic carbocycles. The molecule has 0 radical (unpaired) electrons. The first-order chi connectivity index (χ1) is 8.88. The molecule has 6 nitrogen and oxygen atoms in total. The van der Waals surface area contributed by atoms with Crippen molar-refractivity contribution >= 4 is 32.9 Å². The quantitative estimate of drug-likeness (QED) is 0.817. The van der Waals surface area contributed by atoms with Gasteiger partial charge >= 0.3 is 0 Å². The number of anilines is 1. The zero-order chi connectivity index (χ0) is 14.0. The molecule has 0 amide bonds. The molecular formula is C11H12N4O2S2. The van der Waals surface area contributed by atoms with E-state index in [9.17, 15) is 8.42 Å². The highest BCUT2D eigenvalue weighted by atomic mass is 32.2. The van der Waals surface area contributed by atoms with Gasteiger partial charge in [0.25, 0.3) is 10.0 Å². The fraction of sp³-hybridized carbons (Fsp3) is 0.0909. The Labute approximate surface area is 116 Å². The molecule has 0 bridgehead atoms. The summed E-state index contributed by atoms with van der Waals surface area (Å²) in [5.74, 6) is 0. The lowest BCUT2D eigenvalue weighted by molar-refractivity contribution is 0.601. The number of nitrogens with zero attached hydrogens (tertiary/aromatic N) is 2. The van der Waals surface area contributed by atoms with Crippen molar-refractivity contribution in [1.29, 1.82) is 0 Å². The van der Waals surface area contributed by atoms with E-state index in [1.807, 2.05) is 0 Å². The largest absolute Gasteiger partial charge is 0.389 e. The standard InChI is InChI=1S/C11H12N4O2S2/c1-15-7-10(6-13-15)19(16,17)14-9-4-2-3-8(5-9)11(12)18/h2-7,14H,1H3,(H2,12,18). The number of nitrogens with two attached hydrogens (primary N) is 1. The Morgan fingerprint density at radius 1 is 1.47 bits per heavy atom. The summed E-state index contributed by atoms with van der Waals surface area (Å²) in [4.78, 5) is 0.304. The Morgan fingerprint density at radius 2 is 2.21 bits per heavy atom. The minimum atomic E-state index is -3.65. The van der Waals surface area contributed by atoms with E-state index in [2.05, 4.69) is 9.82 Å². The second kappa shape index (κ2) is 4.98. The number of aromatic nitrogens is 2. The third-order valence-electron chi connectivity index (χ3n) is 2.39. The Balaban J connectivity index is 2.30. The molecule has 2 aromatic rings. The fourth-order valence-electron chi connectivity index (χ4n) is 1.49. The van der Waals surface area contributed by atoms with E-state index in [0.29, 0.717) is 11.3 Å². The van der Waals surface area contributed by atoms with E-state index in [1.165, 1.54) is 17.1 Å². The normalized spacial score (nSPS) is 11.2. The van der Waals surface area contributed by atoms with E-state index in [1.54, 1.807) is 31.3 Å². The first-order valence-corrected chi connectivity index (χ1v) is 7.19. The molecule has 0 fully saturated rings. The predicted octanol–water partition coefficient (Wildman–Crippen LogP) is 0.855. The minimum absolute atomic E-state index is 0.0933. The SMILES string of the molecule is Cn1cc(S(=O)(=O)Nc2cccc(C(N)=S)c2)cn1. The van der Waals surface area contributed by atoms with Gasteiger partial charge in [-0.2, -0.15) is 5.10 Å². The maximum absolute atomic E-state index is 12.1. The summed E-state index contributed by atoms with van der Waals surface area (Å²) in [5, 5.41) is 3.83. The van der Waals surface area contributed by atoms with E-state index >= 15 is 0 Å². The van der Waals surface area contributed by atoms with Gasteiger partial charge in [0.2, 0.25) is 0 Å². The van der Waals surface area contributed by atoms with Crippen LogP contribution in [-0.4, -0.2) is 23.2 Å². The Morgan fingerprint density at radius 3 is 2.79 bits per heavy atom. The number of hydrogen-bond donors (Lipinski definition) is 2. The van der Waals surface area contributed by atoms with Gasteiger partial charge in [-0.25, -0.2) is 8.42 Å². The molecule has 100 valence electrons. The van der Waals surface area contributed by atoms with Crippen LogP contribution in [0.5, 0.6) is 0 Å². The van der Waals surface area contributed by atoms with Gasteiger partial charge in [0.15, 0.2) is 0 Å². The summed E-state index contributed by atoms with van der Waals surface area (Å²) in [6, 6.07) is 6.59. The van der Waals surface area contributed by atoms with Gasteiger partial charge in [-0.15, -0.1) is 0 Å². The summed E-state index contributed by atoms with van der Waals surface area (Å²) >= 11 is 4.85. The van der Waals surface area contributed by atoms with Crippen LogP contribution in [0.4, 0.5) is 5.69 Å². The summed E-state index contributed by atoms with van der Waals surface area (Å²) in [6.07, 6.45) is 2.69. The highest BCUT2D eigenvalue weighted by molar-refractivity contribution is 7.92. The molecule has 0 saturated carbocycles. The number of hydrogen-bond acceptors (Lipinski definition) is 4. The number of nitrogens with one attached hydrogen (secondary N) is 1. The molecule has 0 aliphatic heterocycles. The molecule has 0 unspecified atom stereocenters. The average molecular weight is 296 g/mol. The second-order valence-corrected chi connectivity index (χ2v) is 6.02. The van der Waals surface area contributed by atoms with Crippen LogP contribution in [0.2, 0.25) is 0 Å². The number of rotatable bonds is 4. The maximum Gasteiger partial charge on any atom is 0.265 e. The molecule has 1 heterocycles. The van der Waals surface area contributed by atoms with Crippen LogP contribution in [-0.2, 0) is 17.1 Å². The lowest BCUT2D eigenvalue weighted by Crippen LogP contribution is -2.14. The van der Waals surface area contributed by atoms with Crippen molar-refractivity contribution in [3.8, 4) is 0 Å². The smallest absolute Gasteiger partial charge is 0.265 e. The topological polar surface area (TPSA) is 90.0 Å². The van der Waals surface area contributed by atoms with E-state index in [0.717, 1.165) is 0 Å². The van der Waals surface area contributed by atoms with Crippen LogP contribution >= 0.6 is 12.2 Å². The number of thiocarbonyl (C=S) groups is 1. The maximum atomic E-state index is 12.1. The van der Waals surface area contributed by atoms with E-state index < -0.39 is 10.0 Å².